The van der Waals surface area contributed by atoms with E-state index in [1.165, 1.54) is 25.2 Å². The van der Waals surface area contributed by atoms with Crippen molar-refractivity contribution in [3.05, 3.63) is 69.2 Å². The number of thiazole rings is 1. The van der Waals surface area contributed by atoms with E-state index in [0.717, 1.165) is 28.1 Å². The molecule has 6 nitrogen and oxygen atoms in total. The lowest BCUT2D eigenvalue weighted by Gasteiger charge is -2.29. The molecule has 0 aliphatic carbocycles. The Balaban J connectivity index is 1.54. The second-order valence-corrected chi connectivity index (χ2v) is 9.70. The number of hydrogen-bond donors (Lipinski definition) is 1. The van der Waals surface area contributed by atoms with E-state index in [9.17, 15) is 14.7 Å². The van der Waals surface area contributed by atoms with E-state index >= 15 is 0 Å². The monoisotopic (exact) mass is 470 g/mol. The number of aromatic nitrogens is 1. The van der Waals surface area contributed by atoms with Crippen LogP contribution in [-0.4, -0.2) is 39.0 Å². The lowest BCUT2D eigenvalue weighted by Crippen LogP contribution is -2.38. The summed E-state index contributed by atoms with van der Waals surface area (Å²) >= 11 is 7.36. The summed E-state index contributed by atoms with van der Waals surface area (Å²) in [7, 11) is 0. The molecule has 1 aliphatic rings. The molecule has 0 saturated heterocycles. The molecular weight excluding hydrogens is 448 g/mol. The van der Waals surface area contributed by atoms with Crippen LogP contribution in [0.1, 0.15) is 40.3 Å². The highest BCUT2D eigenvalue weighted by Gasteiger charge is 2.30. The maximum absolute atomic E-state index is 13.3. The predicted octanol–water partition coefficient (Wildman–Crippen LogP) is 5.21. The number of carboxylic acid groups (broad SMARTS) is 1. The van der Waals surface area contributed by atoms with Crippen LogP contribution in [0, 0.1) is 6.92 Å². The first-order valence-electron chi connectivity index (χ1n) is 10.2. The molecule has 0 saturated carbocycles. The first kappa shape index (κ1) is 22.3. The molecule has 166 valence electrons. The van der Waals surface area contributed by atoms with Crippen molar-refractivity contribution in [2.75, 3.05) is 6.54 Å². The van der Waals surface area contributed by atoms with E-state index in [2.05, 4.69) is 4.98 Å². The number of rotatable bonds is 5. The molecule has 0 bridgehead atoms. The molecule has 0 spiro atoms. The predicted molar refractivity (Wildman–Crippen MR) is 125 cm³/mol. The fourth-order valence-corrected chi connectivity index (χ4v) is 4.73. The molecule has 1 amide bonds. The zero-order chi connectivity index (χ0) is 23.0. The highest BCUT2D eigenvalue weighted by molar-refractivity contribution is 7.17. The van der Waals surface area contributed by atoms with Crippen molar-refractivity contribution in [2.24, 2.45) is 0 Å². The maximum Gasteiger partial charge on any atom is 0.347 e. The van der Waals surface area contributed by atoms with Crippen LogP contribution in [-0.2, 0) is 17.8 Å². The Hall–Kier alpha value is -2.90. The summed E-state index contributed by atoms with van der Waals surface area (Å²) in [5.41, 5.74) is 2.39. The average Bonchev–Trinajstić information content (AvgIpc) is 3.14. The second kappa shape index (κ2) is 8.56. The van der Waals surface area contributed by atoms with Crippen LogP contribution in [0.25, 0.3) is 10.6 Å². The third-order valence-electron chi connectivity index (χ3n) is 5.45. The van der Waals surface area contributed by atoms with Gasteiger partial charge in [-0.3, -0.25) is 4.79 Å². The number of nitrogens with zero attached hydrogens (tertiary/aromatic N) is 2. The molecule has 0 radical (unpaired) electrons. The Labute approximate surface area is 195 Å². The molecule has 32 heavy (non-hydrogen) atoms. The molecule has 1 aliphatic heterocycles. The SMILES string of the molecule is Cc1nc(-c2ccc(Cl)cc2)sc1C(=O)N1CCc2ccc(OC(C)(C)C(=O)O)cc2C1. The number of benzene rings is 2. The number of carboxylic acids is 1. The Morgan fingerprint density at radius 3 is 2.56 bits per heavy atom. The number of aliphatic carboxylic acids is 1. The summed E-state index contributed by atoms with van der Waals surface area (Å²) in [5.74, 6) is -0.614. The number of fused-ring (bicyclic) bond motifs is 1. The van der Waals surface area contributed by atoms with Crippen molar-refractivity contribution in [1.29, 1.82) is 0 Å². The van der Waals surface area contributed by atoms with Crippen LogP contribution < -0.4 is 4.74 Å². The van der Waals surface area contributed by atoms with Gasteiger partial charge in [0.25, 0.3) is 5.91 Å². The van der Waals surface area contributed by atoms with Gasteiger partial charge in [0.1, 0.15) is 15.6 Å². The minimum absolute atomic E-state index is 0.0527. The van der Waals surface area contributed by atoms with E-state index in [1.807, 2.05) is 43.3 Å². The van der Waals surface area contributed by atoms with Gasteiger partial charge in [0.15, 0.2) is 5.60 Å². The van der Waals surface area contributed by atoms with E-state index in [0.29, 0.717) is 34.4 Å². The summed E-state index contributed by atoms with van der Waals surface area (Å²) in [5, 5.41) is 10.8. The third-order valence-corrected chi connectivity index (χ3v) is 6.89. The number of halogens is 1. The van der Waals surface area contributed by atoms with Crippen molar-refractivity contribution >= 4 is 34.8 Å². The first-order valence-corrected chi connectivity index (χ1v) is 11.4. The van der Waals surface area contributed by atoms with Crippen molar-refractivity contribution in [3.63, 3.8) is 0 Å². The standard InChI is InChI=1S/C24H23ClN2O4S/c1-14-20(32-21(26-14)16-4-7-18(25)8-5-16)22(28)27-11-10-15-6-9-19(12-17(15)13-27)31-24(2,3)23(29)30/h4-9,12H,10-11,13H2,1-3H3,(H,29,30). The van der Waals surface area contributed by atoms with E-state index in [-0.39, 0.29) is 5.91 Å². The topological polar surface area (TPSA) is 79.7 Å². The normalized spacial score (nSPS) is 13.6. The molecule has 1 aromatic heterocycles. The van der Waals surface area contributed by atoms with Crippen molar-refractivity contribution in [3.8, 4) is 16.3 Å². The summed E-state index contributed by atoms with van der Waals surface area (Å²) in [6.07, 6.45) is 0.728. The molecule has 0 unspecified atom stereocenters. The Morgan fingerprint density at radius 1 is 1.16 bits per heavy atom. The minimum Gasteiger partial charge on any atom is -0.478 e. The fraction of sp³-hybridized carbons (Fsp3) is 0.292. The summed E-state index contributed by atoms with van der Waals surface area (Å²) < 4.78 is 5.67. The van der Waals surface area contributed by atoms with Crippen molar-refractivity contribution in [1.82, 2.24) is 9.88 Å². The first-order chi connectivity index (χ1) is 15.1. The van der Waals surface area contributed by atoms with E-state index < -0.39 is 11.6 Å². The Kier molecular flexibility index (Phi) is 5.97. The van der Waals surface area contributed by atoms with Crippen LogP contribution >= 0.6 is 22.9 Å². The van der Waals surface area contributed by atoms with Crippen molar-refractivity contribution < 1.29 is 19.4 Å². The van der Waals surface area contributed by atoms with Gasteiger partial charge in [-0.05, 0) is 62.6 Å². The van der Waals surface area contributed by atoms with Gasteiger partial charge in [-0.1, -0.05) is 29.8 Å². The molecule has 2 heterocycles. The number of ether oxygens (including phenoxy) is 1. The quantitative estimate of drug-likeness (QED) is 0.553. The van der Waals surface area contributed by atoms with Gasteiger partial charge in [0.05, 0.1) is 5.69 Å². The van der Waals surface area contributed by atoms with Crippen LogP contribution in [0.4, 0.5) is 0 Å². The van der Waals surface area contributed by atoms with Gasteiger partial charge in [0.2, 0.25) is 0 Å². The van der Waals surface area contributed by atoms with Gasteiger partial charge < -0.3 is 14.7 Å². The van der Waals surface area contributed by atoms with Crippen LogP contribution in [0.15, 0.2) is 42.5 Å². The van der Waals surface area contributed by atoms with Gasteiger partial charge >= 0.3 is 5.97 Å². The molecular formula is C24H23ClN2O4S. The lowest BCUT2D eigenvalue weighted by molar-refractivity contribution is -0.152. The Bertz CT molecular complexity index is 1190. The van der Waals surface area contributed by atoms with Crippen LogP contribution in [0.5, 0.6) is 5.75 Å². The highest BCUT2D eigenvalue weighted by atomic mass is 35.5. The van der Waals surface area contributed by atoms with Gasteiger partial charge in [-0.15, -0.1) is 11.3 Å². The molecule has 1 N–H and O–H groups in total. The third kappa shape index (κ3) is 4.49. The second-order valence-electron chi connectivity index (χ2n) is 8.27. The molecule has 0 atom stereocenters. The molecule has 0 fully saturated rings. The smallest absolute Gasteiger partial charge is 0.347 e. The molecule has 3 aromatic rings. The zero-order valence-corrected chi connectivity index (χ0v) is 19.6. The highest BCUT2D eigenvalue weighted by Crippen LogP contribution is 2.32. The Morgan fingerprint density at radius 2 is 1.88 bits per heavy atom. The average molecular weight is 471 g/mol. The summed E-state index contributed by atoms with van der Waals surface area (Å²) in [6.45, 7) is 5.92. The number of carbonyl (C=O) groups is 2. The number of aryl methyl sites for hydroxylation is 1. The van der Waals surface area contributed by atoms with Gasteiger partial charge in [-0.2, -0.15) is 0 Å². The van der Waals surface area contributed by atoms with Crippen LogP contribution in [0.2, 0.25) is 5.02 Å². The van der Waals surface area contributed by atoms with Gasteiger partial charge in [0, 0.05) is 23.7 Å². The lowest BCUT2D eigenvalue weighted by atomic mass is 9.99. The van der Waals surface area contributed by atoms with Crippen LogP contribution in [0.3, 0.4) is 0 Å². The number of hydrogen-bond acceptors (Lipinski definition) is 5. The maximum atomic E-state index is 13.3. The molecule has 8 heteroatoms. The fourth-order valence-electron chi connectivity index (χ4n) is 3.56. The molecule has 2 aromatic carbocycles. The minimum atomic E-state index is -1.34. The van der Waals surface area contributed by atoms with Gasteiger partial charge in [-0.25, -0.2) is 9.78 Å². The van der Waals surface area contributed by atoms with Crippen molar-refractivity contribution in [2.45, 2.75) is 39.3 Å². The van der Waals surface area contributed by atoms with E-state index in [4.69, 9.17) is 16.3 Å². The summed E-state index contributed by atoms with van der Waals surface area (Å²) in [6, 6.07) is 13.0. The molecule has 4 rings (SSSR count). The summed E-state index contributed by atoms with van der Waals surface area (Å²) in [4.78, 5) is 31.7. The largest absolute Gasteiger partial charge is 0.478 e. The van der Waals surface area contributed by atoms with E-state index in [1.54, 1.807) is 11.0 Å². The number of amides is 1. The zero-order valence-electron chi connectivity index (χ0n) is 18.0. The number of carbonyl (C=O) groups excluding carboxylic acids is 1.